The average Bonchev–Trinajstić information content (AvgIpc) is 2.41. The maximum absolute atomic E-state index is 11.0. The standard InChI is InChI=1S/C15H19NO2/c1-13(17)18-12-15(14-8-4-2-5-9-14)16-10-6-3-7-11-16/h2-6,8-9,15H,7,10-12H2,1H3/t15-/m1/s1. The Labute approximate surface area is 108 Å². The van der Waals surface area contributed by atoms with Gasteiger partial charge in [-0.25, -0.2) is 0 Å². The van der Waals surface area contributed by atoms with Crippen molar-refractivity contribution in [3.05, 3.63) is 48.0 Å². The third kappa shape index (κ3) is 3.44. The quantitative estimate of drug-likeness (QED) is 0.603. The van der Waals surface area contributed by atoms with E-state index < -0.39 is 0 Å². The van der Waals surface area contributed by atoms with E-state index in [2.05, 4.69) is 29.2 Å². The Balaban J connectivity index is 2.11. The van der Waals surface area contributed by atoms with Crippen LogP contribution in [0.2, 0.25) is 0 Å². The maximum atomic E-state index is 11.0. The molecule has 1 aromatic carbocycles. The van der Waals surface area contributed by atoms with Crippen LogP contribution in [0.5, 0.6) is 0 Å². The van der Waals surface area contributed by atoms with Crippen molar-refractivity contribution in [3.8, 4) is 0 Å². The van der Waals surface area contributed by atoms with E-state index in [4.69, 9.17) is 4.74 Å². The van der Waals surface area contributed by atoms with Gasteiger partial charge in [-0.3, -0.25) is 9.69 Å². The van der Waals surface area contributed by atoms with E-state index in [-0.39, 0.29) is 12.0 Å². The van der Waals surface area contributed by atoms with Crippen molar-refractivity contribution >= 4 is 5.97 Å². The molecule has 0 unspecified atom stereocenters. The van der Waals surface area contributed by atoms with Crippen molar-refractivity contribution < 1.29 is 9.53 Å². The van der Waals surface area contributed by atoms with Crippen molar-refractivity contribution in [3.63, 3.8) is 0 Å². The molecule has 3 heteroatoms. The van der Waals surface area contributed by atoms with Crippen LogP contribution in [0.4, 0.5) is 0 Å². The third-order valence-electron chi connectivity index (χ3n) is 3.16. The summed E-state index contributed by atoms with van der Waals surface area (Å²) in [6.45, 7) is 3.81. The van der Waals surface area contributed by atoms with E-state index in [1.54, 1.807) is 0 Å². The van der Waals surface area contributed by atoms with Crippen molar-refractivity contribution in [2.24, 2.45) is 0 Å². The number of nitrogens with zero attached hydrogens (tertiary/aromatic N) is 1. The van der Waals surface area contributed by atoms with Gasteiger partial charge in [0.05, 0.1) is 6.04 Å². The number of rotatable bonds is 4. The largest absolute Gasteiger partial charge is 0.464 e. The summed E-state index contributed by atoms with van der Waals surface area (Å²) in [5.74, 6) is -0.219. The molecule has 1 aliphatic rings. The van der Waals surface area contributed by atoms with Gasteiger partial charge in [0, 0.05) is 20.0 Å². The van der Waals surface area contributed by atoms with Gasteiger partial charge in [0.15, 0.2) is 0 Å². The minimum Gasteiger partial charge on any atom is -0.464 e. The fourth-order valence-electron chi connectivity index (χ4n) is 2.23. The van der Waals surface area contributed by atoms with Gasteiger partial charge in [-0.15, -0.1) is 0 Å². The molecule has 2 rings (SSSR count). The molecule has 0 spiro atoms. The zero-order valence-electron chi connectivity index (χ0n) is 10.7. The molecule has 0 fully saturated rings. The number of hydrogen-bond donors (Lipinski definition) is 0. The molecule has 0 saturated heterocycles. The molecular formula is C15H19NO2. The van der Waals surface area contributed by atoms with Gasteiger partial charge >= 0.3 is 5.97 Å². The Morgan fingerprint density at radius 3 is 2.72 bits per heavy atom. The van der Waals surface area contributed by atoms with Crippen molar-refractivity contribution in [1.82, 2.24) is 4.90 Å². The lowest BCUT2D eigenvalue weighted by molar-refractivity contribution is -0.142. The molecule has 1 heterocycles. The summed E-state index contributed by atoms with van der Waals surface area (Å²) in [4.78, 5) is 13.4. The second-order valence-electron chi connectivity index (χ2n) is 4.48. The number of hydrogen-bond acceptors (Lipinski definition) is 3. The molecule has 1 aliphatic heterocycles. The van der Waals surface area contributed by atoms with Gasteiger partial charge in [0.1, 0.15) is 6.61 Å². The van der Waals surface area contributed by atoms with E-state index in [1.165, 1.54) is 12.5 Å². The van der Waals surface area contributed by atoms with Crippen LogP contribution in [-0.4, -0.2) is 30.6 Å². The van der Waals surface area contributed by atoms with E-state index in [1.807, 2.05) is 18.2 Å². The second kappa shape index (κ2) is 6.36. The zero-order chi connectivity index (χ0) is 12.8. The molecule has 3 nitrogen and oxygen atoms in total. The fourth-order valence-corrected chi connectivity index (χ4v) is 2.23. The van der Waals surface area contributed by atoms with Gasteiger partial charge in [-0.05, 0) is 12.0 Å². The second-order valence-corrected chi connectivity index (χ2v) is 4.48. The summed E-state index contributed by atoms with van der Waals surface area (Å²) < 4.78 is 5.21. The van der Waals surface area contributed by atoms with Crippen LogP contribution in [-0.2, 0) is 9.53 Å². The minimum atomic E-state index is -0.219. The number of ether oxygens (including phenoxy) is 1. The molecule has 0 aromatic heterocycles. The van der Waals surface area contributed by atoms with Crippen LogP contribution in [0.3, 0.4) is 0 Å². The van der Waals surface area contributed by atoms with Crippen molar-refractivity contribution in [1.29, 1.82) is 0 Å². The van der Waals surface area contributed by atoms with Crippen LogP contribution >= 0.6 is 0 Å². The predicted octanol–water partition coefficient (Wildman–Crippen LogP) is 2.55. The normalized spacial score (nSPS) is 17.4. The Morgan fingerprint density at radius 2 is 2.11 bits per heavy atom. The first-order chi connectivity index (χ1) is 8.77. The van der Waals surface area contributed by atoms with Gasteiger partial charge in [0.2, 0.25) is 0 Å². The summed E-state index contributed by atoms with van der Waals surface area (Å²) in [5.41, 5.74) is 1.20. The minimum absolute atomic E-state index is 0.153. The first-order valence-electron chi connectivity index (χ1n) is 6.35. The Bertz CT molecular complexity index is 414. The lowest BCUT2D eigenvalue weighted by Gasteiger charge is -2.32. The summed E-state index contributed by atoms with van der Waals surface area (Å²) in [5, 5.41) is 0. The van der Waals surface area contributed by atoms with Crippen LogP contribution in [0, 0.1) is 0 Å². The molecule has 0 aliphatic carbocycles. The molecule has 0 N–H and O–H groups in total. The number of carbonyl (C=O) groups is 1. The van der Waals surface area contributed by atoms with Crippen molar-refractivity contribution in [2.75, 3.05) is 19.7 Å². The van der Waals surface area contributed by atoms with Gasteiger partial charge in [-0.1, -0.05) is 42.5 Å². The monoisotopic (exact) mass is 245 g/mol. The van der Waals surface area contributed by atoms with E-state index in [0.29, 0.717) is 6.61 Å². The predicted molar refractivity (Wildman–Crippen MR) is 71.1 cm³/mol. The zero-order valence-corrected chi connectivity index (χ0v) is 10.7. The lowest BCUT2D eigenvalue weighted by atomic mass is 10.0. The summed E-state index contributed by atoms with van der Waals surface area (Å²) >= 11 is 0. The molecule has 1 atom stereocenters. The van der Waals surface area contributed by atoms with E-state index >= 15 is 0 Å². The van der Waals surface area contributed by atoms with Gasteiger partial charge < -0.3 is 4.74 Å². The Morgan fingerprint density at radius 1 is 1.33 bits per heavy atom. The molecule has 0 saturated carbocycles. The summed E-state index contributed by atoms with van der Waals surface area (Å²) in [6.07, 6.45) is 5.43. The highest BCUT2D eigenvalue weighted by atomic mass is 16.5. The van der Waals surface area contributed by atoms with Crippen LogP contribution in [0.15, 0.2) is 42.5 Å². The molecule has 0 radical (unpaired) electrons. The molecule has 96 valence electrons. The first-order valence-corrected chi connectivity index (χ1v) is 6.35. The highest BCUT2D eigenvalue weighted by Gasteiger charge is 2.21. The topological polar surface area (TPSA) is 29.5 Å². The maximum Gasteiger partial charge on any atom is 0.302 e. The van der Waals surface area contributed by atoms with Crippen LogP contribution < -0.4 is 0 Å². The molecule has 0 amide bonds. The smallest absolute Gasteiger partial charge is 0.302 e. The highest BCUT2D eigenvalue weighted by molar-refractivity contribution is 5.65. The molecule has 1 aromatic rings. The van der Waals surface area contributed by atoms with Crippen LogP contribution in [0.25, 0.3) is 0 Å². The SMILES string of the molecule is CC(=O)OC[C@H](c1ccccc1)N1CC=CCC1. The number of esters is 1. The van der Waals surface area contributed by atoms with Gasteiger partial charge in [0.25, 0.3) is 0 Å². The Hall–Kier alpha value is -1.61. The van der Waals surface area contributed by atoms with Gasteiger partial charge in [-0.2, -0.15) is 0 Å². The number of carbonyl (C=O) groups excluding carboxylic acids is 1. The van der Waals surface area contributed by atoms with E-state index in [0.717, 1.165) is 19.5 Å². The highest BCUT2D eigenvalue weighted by Crippen LogP contribution is 2.23. The molecule has 0 bridgehead atoms. The summed E-state index contributed by atoms with van der Waals surface area (Å²) in [7, 11) is 0. The lowest BCUT2D eigenvalue weighted by Crippen LogP contribution is -2.34. The van der Waals surface area contributed by atoms with E-state index in [9.17, 15) is 4.79 Å². The van der Waals surface area contributed by atoms with Crippen LogP contribution in [0.1, 0.15) is 24.9 Å². The summed E-state index contributed by atoms with van der Waals surface area (Å²) in [6, 6.07) is 10.4. The molecular weight excluding hydrogens is 226 g/mol. The fraction of sp³-hybridized carbons (Fsp3) is 0.400. The average molecular weight is 245 g/mol. The first kappa shape index (κ1) is 12.8. The Kier molecular flexibility index (Phi) is 4.53. The number of benzene rings is 1. The molecule has 18 heavy (non-hydrogen) atoms. The third-order valence-corrected chi connectivity index (χ3v) is 3.16. The van der Waals surface area contributed by atoms with Crippen molar-refractivity contribution in [2.45, 2.75) is 19.4 Å².